The molecule has 2 N–H and O–H groups in total. The highest BCUT2D eigenvalue weighted by Gasteiger charge is 2.14. The molecule has 2 rings (SSSR count). The van der Waals surface area contributed by atoms with Crippen molar-refractivity contribution in [2.45, 2.75) is 6.10 Å². The Kier molecular flexibility index (Phi) is 4.75. The van der Waals surface area contributed by atoms with Gasteiger partial charge in [-0.05, 0) is 30.3 Å². The number of aliphatic hydroxyl groups is 1. The molecular formula is C16H18F2N2O. The lowest BCUT2D eigenvalue weighted by molar-refractivity contribution is 0.186. The number of nitrogens with zero attached hydrogens (tertiary/aromatic N) is 1. The van der Waals surface area contributed by atoms with Gasteiger partial charge in [-0.1, -0.05) is 12.1 Å². The predicted octanol–water partition coefficient (Wildman–Crippen LogP) is 3.18. The monoisotopic (exact) mass is 292 g/mol. The lowest BCUT2D eigenvalue weighted by Gasteiger charge is -2.20. The van der Waals surface area contributed by atoms with Gasteiger partial charge in [0, 0.05) is 26.2 Å². The standard InChI is InChI=1S/C16H18F2N2O/c1-20(2)15-6-4-3-5-14(15)19-10-16(21)12-9-11(17)7-8-13(12)18/h3-9,16,19,21H,10H2,1-2H3. The molecule has 3 nitrogen and oxygen atoms in total. The van der Waals surface area contributed by atoms with Crippen molar-refractivity contribution in [2.75, 3.05) is 30.9 Å². The second kappa shape index (κ2) is 6.54. The molecule has 0 amide bonds. The molecule has 0 spiro atoms. The molecule has 0 bridgehead atoms. The van der Waals surface area contributed by atoms with Gasteiger partial charge in [-0.2, -0.15) is 0 Å². The van der Waals surface area contributed by atoms with E-state index in [2.05, 4.69) is 5.32 Å². The van der Waals surface area contributed by atoms with E-state index < -0.39 is 17.7 Å². The smallest absolute Gasteiger partial charge is 0.129 e. The van der Waals surface area contributed by atoms with E-state index in [1.165, 1.54) is 0 Å². The zero-order valence-corrected chi connectivity index (χ0v) is 12.0. The molecule has 0 saturated heterocycles. The van der Waals surface area contributed by atoms with Crippen LogP contribution in [0.25, 0.3) is 0 Å². The summed E-state index contributed by atoms with van der Waals surface area (Å²) in [6.45, 7) is 0.0885. The van der Waals surface area contributed by atoms with Gasteiger partial charge in [0.05, 0.1) is 17.5 Å². The van der Waals surface area contributed by atoms with Gasteiger partial charge in [-0.3, -0.25) is 0 Å². The molecule has 21 heavy (non-hydrogen) atoms. The minimum absolute atomic E-state index is 0.0511. The Hall–Kier alpha value is -2.14. The van der Waals surface area contributed by atoms with Crippen molar-refractivity contribution in [3.8, 4) is 0 Å². The molecule has 5 heteroatoms. The van der Waals surface area contributed by atoms with E-state index in [0.29, 0.717) is 0 Å². The van der Waals surface area contributed by atoms with Gasteiger partial charge in [0.25, 0.3) is 0 Å². The maximum atomic E-state index is 13.6. The van der Waals surface area contributed by atoms with Crippen molar-refractivity contribution in [1.29, 1.82) is 0 Å². The van der Waals surface area contributed by atoms with Crippen molar-refractivity contribution in [1.82, 2.24) is 0 Å². The van der Waals surface area contributed by atoms with Gasteiger partial charge in [0.1, 0.15) is 11.6 Å². The van der Waals surface area contributed by atoms with Crippen LogP contribution in [0.1, 0.15) is 11.7 Å². The molecule has 112 valence electrons. The van der Waals surface area contributed by atoms with Crippen LogP contribution in [0.15, 0.2) is 42.5 Å². The minimum atomic E-state index is -1.13. The first-order valence-corrected chi connectivity index (χ1v) is 6.62. The number of hydrogen-bond donors (Lipinski definition) is 2. The molecule has 0 aromatic heterocycles. The summed E-state index contributed by atoms with van der Waals surface area (Å²) < 4.78 is 26.7. The lowest BCUT2D eigenvalue weighted by atomic mass is 10.1. The molecule has 0 fully saturated rings. The molecular weight excluding hydrogens is 274 g/mol. The van der Waals surface area contributed by atoms with Crippen molar-refractivity contribution >= 4 is 11.4 Å². The van der Waals surface area contributed by atoms with Crippen molar-refractivity contribution in [3.05, 3.63) is 59.7 Å². The van der Waals surface area contributed by atoms with Crippen LogP contribution in [0.2, 0.25) is 0 Å². The van der Waals surface area contributed by atoms with Gasteiger partial charge in [-0.25, -0.2) is 8.78 Å². The zero-order valence-electron chi connectivity index (χ0n) is 12.0. The lowest BCUT2D eigenvalue weighted by Crippen LogP contribution is -2.17. The maximum absolute atomic E-state index is 13.6. The molecule has 0 radical (unpaired) electrons. The van der Waals surface area contributed by atoms with Crippen molar-refractivity contribution in [2.24, 2.45) is 0 Å². The van der Waals surface area contributed by atoms with E-state index in [1.54, 1.807) is 0 Å². The van der Waals surface area contributed by atoms with E-state index in [9.17, 15) is 13.9 Å². The summed E-state index contributed by atoms with van der Waals surface area (Å²) in [6, 6.07) is 10.6. The topological polar surface area (TPSA) is 35.5 Å². The second-order valence-corrected chi connectivity index (χ2v) is 4.97. The van der Waals surface area contributed by atoms with Crippen LogP contribution < -0.4 is 10.2 Å². The summed E-state index contributed by atoms with van der Waals surface area (Å²) >= 11 is 0. The van der Waals surface area contributed by atoms with E-state index in [0.717, 1.165) is 29.6 Å². The predicted molar refractivity (Wildman–Crippen MR) is 80.6 cm³/mol. The number of halogens is 2. The third-order valence-corrected chi connectivity index (χ3v) is 3.19. The fourth-order valence-corrected chi connectivity index (χ4v) is 2.10. The fraction of sp³-hybridized carbons (Fsp3) is 0.250. The first kappa shape index (κ1) is 15.3. The molecule has 2 aromatic carbocycles. The van der Waals surface area contributed by atoms with Gasteiger partial charge in [0.15, 0.2) is 0 Å². The van der Waals surface area contributed by atoms with Gasteiger partial charge >= 0.3 is 0 Å². The first-order chi connectivity index (χ1) is 9.99. The summed E-state index contributed by atoms with van der Waals surface area (Å²) in [5.41, 5.74) is 1.72. The average molecular weight is 292 g/mol. The summed E-state index contributed by atoms with van der Waals surface area (Å²) in [5, 5.41) is 13.1. The highest BCUT2D eigenvalue weighted by molar-refractivity contribution is 5.69. The number of anilines is 2. The van der Waals surface area contributed by atoms with Crippen molar-refractivity contribution in [3.63, 3.8) is 0 Å². The Balaban J connectivity index is 2.11. The van der Waals surface area contributed by atoms with E-state index in [-0.39, 0.29) is 12.1 Å². The summed E-state index contributed by atoms with van der Waals surface area (Å²) in [7, 11) is 3.81. The quantitative estimate of drug-likeness (QED) is 0.888. The maximum Gasteiger partial charge on any atom is 0.129 e. The molecule has 0 aliphatic rings. The molecule has 0 saturated carbocycles. The molecule has 2 aromatic rings. The van der Waals surface area contributed by atoms with E-state index in [1.807, 2.05) is 43.3 Å². The molecule has 0 heterocycles. The zero-order chi connectivity index (χ0) is 15.4. The number of aliphatic hydroxyl groups excluding tert-OH is 1. The highest BCUT2D eigenvalue weighted by atomic mass is 19.1. The normalized spacial score (nSPS) is 12.0. The number of benzene rings is 2. The van der Waals surface area contributed by atoms with E-state index >= 15 is 0 Å². The van der Waals surface area contributed by atoms with Crippen LogP contribution in [0.3, 0.4) is 0 Å². The third-order valence-electron chi connectivity index (χ3n) is 3.19. The summed E-state index contributed by atoms with van der Waals surface area (Å²) in [5.74, 6) is -1.19. The van der Waals surface area contributed by atoms with Gasteiger partial charge in [0.2, 0.25) is 0 Å². The van der Waals surface area contributed by atoms with Crippen LogP contribution in [-0.4, -0.2) is 25.7 Å². The fourth-order valence-electron chi connectivity index (χ4n) is 2.10. The Morgan fingerprint density at radius 3 is 2.57 bits per heavy atom. The van der Waals surface area contributed by atoms with Crippen LogP contribution in [-0.2, 0) is 0 Å². The number of para-hydroxylation sites is 2. The SMILES string of the molecule is CN(C)c1ccccc1NCC(O)c1cc(F)ccc1F. The molecule has 1 unspecified atom stereocenters. The molecule has 0 aliphatic heterocycles. The Morgan fingerprint density at radius 1 is 1.14 bits per heavy atom. The number of rotatable bonds is 5. The van der Waals surface area contributed by atoms with E-state index in [4.69, 9.17) is 0 Å². The minimum Gasteiger partial charge on any atom is -0.386 e. The molecule has 0 aliphatic carbocycles. The van der Waals surface area contributed by atoms with Gasteiger partial charge in [-0.15, -0.1) is 0 Å². The van der Waals surface area contributed by atoms with Crippen LogP contribution >= 0.6 is 0 Å². The largest absolute Gasteiger partial charge is 0.386 e. The Morgan fingerprint density at radius 2 is 1.86 bits per heavy atom. The van der Waals surface area contributed by atoms with Crippen molar-refractivity contribution < 1.29 is 13.9 Å². The average Bonchev–Trinajstić information content (AvgIpc) is 2.47. The van der Waals surface area contributed by atoms with Crippen LogP contribution in [0, 0.1) is 11.6 Å². The summed E-state index contributed by atoms with van der Waals surface area (Å²) in [6.07, 6.45) is -1.13. The highest BCUT2D eigenvalue weighted by Crippen LogP contribution is 2.25. The first-order valence-electron chi connectivity index (χ1n) is 6.62. The van der Waals surface area contributed by atoms with Crippen LogP contribution in [0.4, 0.5) is 20.2 Å². The van der Waals surface area contributed by atoms with Crippen LogP contribution in [0.5, 0.6) is 0 Å². The molecule has 1 atom stereocenters. The number of hydrogen-bond acceptors (Lipinski definition) is 3. The Bertz CT molecular complexity index is 617. The second-order valence-electron chi connectivity index (χ2n) is 4.97. The van der Waals surface area contributed by atoms with Gasteiger partial charge < -0.3 is 15.3 Å². The Labute approximate surface area is 122 Å². The summed E-state index contributed by atoms with van der Waals surface area (Å²) in [4.78, 5) is 1.93. The third kappa shape index (κ3) is 3.70. The number of nitrogens with one attached hydrogen (secondary N) is 1.